The third-order valence-electron chi connectivity index (χ3n) is 3.06. The number of nitrogens with one attached hydrogen (secondary N) is 2. The van der Waals surface area contributed by atoms with Crippen molar-refractivity contribution in [3.05, 3.63) is 59.7 Å². The lowest BCUT2D eigenvalue weighted by molar-refractivity contribution is -0.114. The predicted molar refractivity (Wildman–Crippen MR) is 90.0 cm³/mol. The zero-order valence-corrected chi connectivity index (χ0v) is 12.8. The molecule has 118 valence electrons. The van der Waals surface area contributed by atoms with E-state index in [1.54, 1.807) is 18.2 Å². The Morgan fingerprint density at radius 2 is 1.57 bits per heavy atom. The third-order valence-corrected chi connectivity index (χ3v) is 3.06. The number of aromatic carboxylic acids is 1. The van der Waals surface area contributed by atoms with E-state index in [-0.39, 0.29) is 11.5 Å². The van der Waals surface area contributed by atoms with Gasteiger partial charge in [-0.05, 0) is 42.8 Å². The molecule has 0 atom stereocenters. The normalized spacial score (nSPS) is 11.0. The zero-order valence-electron chi connectivity index (χ0n) is 12.8. The van der Waals surface area contributed by atoms with Gasteiger partial charge >= 0.3 is 5.97 Å². The molecule has 0 aromatic heterocycles. The average molecular weight is 311 g/mol. The molecule has 0 fully saturated rings. The molecular formula is C17H17N3O3. The summed E-state index contributed by atoms with van der Waals surface area (Å²) in [6, 6.07) is 13.7. The summed E-state index contributed by atoms with van der Waals surface area (Å²) < 4.78 is 0. The van der Waals surface area contributed by atoms with Gasteiger partial charge < -0.3 is 10.4 Å². The first-order valence-corrected chi connectivity index (χ1v) is 6.97. The zero-order chi connectivity index (χ0) is 16.8. The molecular weight excluding hydrogens is 294 g/mol. The summed E-state index contributed by atoms with van der Waals surface area (Å²) in [6.45, 7) is 3.27. The summed E-state index contributed by atoms with van der Waals surface area (Å²) in [7, 11) is 0. The van der Waals surface area contributed by atoms with Gasteiger partial charge in [0, 0.05) is 12.6 Å². The molecule has 0 radical (unpaired) electrons. The molecule has 0 spiro atoms. The summed E-state index contributed by atoms with van der Waals surface area (Å²) >= 11 is 0. The number of amides is 1. The maximum absolute atomic E-state index is 11.1. The average Bonchev–Trinajstić information content (AvgIpc) is 2.52. The number of carbonyl (C=O) groups is 2. The van der Waals surface area contributed by atoms with Crippen LogP contribution in [0.15, 0.2) is 53.6 Å². The fourth-order valence-corrected chi connectivity index (χ4v) is 1.96. The highest BCUT2D eigenvalue weighted by molar-refractivity contribution is 6.00. The molecule has 23 heavy (non-hydrogen) atoms. The molecule has 6 heteroatoms. The van der Waals surface area contributed by atoms with Gasteiger partial charge in [0.1, 0.15) is 0 Å². The minimum Gasteiger partial charge on any atom is -0.478 e. The van der Waals surface area contributed by atoms with Crippen LogP contribution in [0.4, 0.5) is 11.4 Å². The van der Waals surface area contributed by atoms with Crippen LogP contribution >= 0.6 is 0 Å². The third kappa shape index (κ3) is 4.67. The van der Waals surface area contributed by atoms with E-state index >= 15 is 0 Å². The van der Waals surface area contributed by atoms with Crippen molar-refractivity contribution >= 4 is 29.0 Å². The van der Waals surface area contributed by atoms with Crippen LogP contribution in [0.3, 0.4) is 0 Å². The van der Waals surface area contributed by atoms with Crippen molar-refractivity contribution in [3.63, 3.8) is 0 Å². The van der Waals surface area contributed by atoms with E-state index in [0.717, 1.165) is 5.56 Å². The number of hydrogen-bond acceptors (Lipinski definition) is 4. The van der Waals surface area contributed by atoms with Gasteiger partial charge in [-0.1, -0.05) is 18.2 Å². The first-order chi connectivity index (χ1) is 11.0. The van der Waals surface area contributed by atoms with Crippen LogP contribution in [0, 0.1) is 0 Å². The second-order valence-electron chi connectivity index (χ2n) is 4.96. The molecule has 0 heterocycles. The molecule has 2 aromatic rings. The number of hydrazone groups is 1. The van der Waals surface area contributed by atoms with E-state index in [1.807, 2.05) is 25.1 Å². The monoisotopic (exact) mass is 311 g/mol. The van der Waals surface area contributed by atoms with Crippen LogP contribution < -0.4 is 10.7 Å². The lowest BCUT2D eigenvalue weighted by Crippen LogP contribution is -2.07. The molecule has 0 aliphatic carbocycles. The topological polar surface area (TPSA) is 90.8 Å². The molecule has 3 N–H and O–H groups in total. The Bertz CT molecular complexity index is 769. The molecule has 0 aliphatic heterocycles. The molecule has 0 aliphatic rings. The standard InChI is InChI=1S/C17H17N3O3/c1-11(13-5-3-7-15(9-13)18-12(2)21)19-20-16-8-4-6-14(10-16)17(22)23/h3-10,20H,1-2H3,(H,18,21)(H,22,23)/b19-11+. The minimum absolute atomic E-state index is 0.139. The van der Waals surface area contributed by atoms with Gasteiger partial charge in [-0.3, -0.25) is 10.2 Å². The molecule has 0 unspecified atom stereocenters. The van der Waals surface area contributed by atoms with Crippen LogP contribution in [0.5, 0.6) is 0 Å². The van der Waals surface area contributed by atoms with E-state index in [4.69, 9.17) is 5.11 Å². The van der Waals surface area contributed by atoms with Crippen LogP contribution in [0.25, 0.3) is 0 Å². The summed E-state index contributed by atoms with van der Waals surface area (Å²) in [4.78, 5) is 22.0. The number of rotatable bonds is 5. The van der Waals surface area contributed by atoms with Crippen molar-refractivity contribution in [2.75, 3.05) is 10.7 Å². The smallest absolute Gasteiger partial charge is 0.335 e. The van der Waals surface area contributed by atoms with Crippen LogP contribution in [-0.4, -0.2) is 22.7 Å². The molecule has 0 saturated carbocycles. The van der Waals surface area contributed by atoms with Crippen molar-refractivity contribution in [3.8, 4) is 0 Å². The van der Waals surface area contributed by atoms with E-state index in [9.17, 15) is 9.59 Å². The van der Waals surface area contributed by atoms with E-state index in [1.165, 1.54) is 19.1 Å². The minimum atomic E-state index is -0.989. The van der Waals surface area contributed by atoms with Crippen LogP contribution in [-0.2, 0) is 4.79 Å². The Labute approximate surface area is 133 Å². The second kappa shape index (κ2) is 7.22. The first-order valence-electron chi connectivity index (χ1n) is 6.97. The molecule has 6 nitrogen and oxygen atoms in total. The van der Waals surface area contributed by atoms with E-state index in [2.05, 4.69) is 15.8 Å². The van der Waals surface area contributed by atoms with Gasteiger partial charge in [-0.25, -0.2) is 4.79 Å². The summed E-state index contributed by atoms with van der Waals surface area (Å²) in [5.74, 6) is -1.13. The maximum Gasteiger partial charge on any atom is 0.335 e. The van der Waals surface area contributed by atoms with Crippen LogP contribution in [0.2, 0.25) is 0 Å². The Kier molecular flexibility index (Phi) is 5.09. The van der Waals surface area contributed by atoms with E-state index < -0.39 is 5.97 Å². The van der Waals surface area contributed by atoms with Gasteiger partial charge in [0.05, 0.1) is 17.0 Å². The fourth-order valence-electron chi connectivity index (χ4n) is 1.96. The predicted octanol–water partition coefficient (Wildman–Crippen LogP) is 3.18. The number of carboxylic acids is 1. The van der Waals surface area contributed by atoms with Gasteiger partial charge in [-0.15, -0.1) is 0 Å². The highest BCUT2D eigenvalue weighted by Gasteiger charge is 2.04. The Balaban J connectivity index is 2.15. The van der Waals surface area contributed by atoms with Crippen molar-refractivity contribution in [1.82, 2.24) is 0 Å². The highest BCUT2D eigenvalue weighted by atomic mass is 16.4. The van der Waals surface area contributed by atoms with Gasteiger partial charge in [-0.2, -0.15) is 5.10 Å². The Morgan fingerprint density at radius 3 is 2.22 bits per heavy atom. The van der Waals surface area contributed by atoms with Gasteiger partial charge in [0.2, 0.25) is 5.91 Å². The van der Waals surface area contributed by atoms with Crippen molar-refractivity contribution < 1.29 is 14.7 Å². The van der Waals surface area contributed by atoms with E-state index in [0.29, 0.717) is 17.1 Å². The lowest BCUT2D eigenvalue weighted by Gasteiger charge is -2.07. The maximum atomic E-state index is 11.1. The summed E-state index contributed by atoms with van der Waals surface area (Å²) in [6.07, 6.45) is 0. The quantitative estimate of drug-likeness (QED) is 0.584. The largest absolute Gasteiger partial charge is 0.478 e. The van der Waals surface area contributed by atoms with Crippen molar-refractivity contribution in [1.29, 1.82) is 0 Å². The number of carbonyl (C=O) groups excluding carboxylic acids is 1. The number of anilines is 2. The second-order valence-corrected chi connectivity index (χ2v) is 4.96. The molecule has 1 amide bonds. The lowest BCUT2D eigenvalue weighted by atomic mass is 10.1. The molecule has 2 aromatic carbocycles. The first kappa shape index (κ1) is 16.2. The SMILES string of the molecule is CC(=O)Nc1cccc(/C(C)=N/Nc2cccc(C(=O)O)c2)c1. The van der Waals surface area contributed by atoms with Crippen LogP contribution in [0.1, 0.15) is 29.8 Å². The Hall–Kier alpha value is -3.15. The summed E-state index contributed by atoms with van der Waals surface area (Å²) in [5.41, 5.74) is 5.86. The number of hydrogen-bond donors (Lipinski definition) is 3. The number of benzene rings is 2. The highest BCUT2D eigenvalue weighted by Crippen LogP contribution is 2.14. The summed E-state index contributed by atoms with van der Waals surface area (Å²) in [5, 5.41) is 15.9. The number of carboxylic acid groups (broad SMARTS) is 1. The molecule has 2 rings (SSSR count). The Morgan fingerprint density at radius 1 is 0.957 bits per heavy atom. The van der Waals surface area contributed by atoms with Crippen molar-refractivity contribution in [2.45, 2.75) is 13.8 Å². The van der Waals surface area contributed by atoms with Crippen molar-refractivity contribution in [2.24, 2.45) is 5.10 Å². The number of nitrogens with zero attached hydrogens (tertiary/aromatic N) is 1. The fraction of sp³-hybridized carbons (Fsp3) is 0.118. The molecule has 0 bridgehead atoms. The molecule has 0 saturated heterocycles. The van der Waals surface area contributed by atoms with Gasteiger partial charge in [0.15, 0.2) is 0 Å². The van der Waals surface area contributed by atoms with Gasteiger partial charge in [0.25, 0.3) is 0 Å².